The molecule has 1 aliphatic heterocycles. The lowest BCUT2D eigenvalue weighted by atomic mass is 10.0. The summed E-state index contributed by atoms with van der Waals surface area (Å²) in [4.78, 5) is 13.8. The Morgan fingerprint density at radius 2 is 2.07 bits per heavy atom. The van der Waals surface area contributed by atoms with E-state index in [2.05, 4.69) is 39.9 Å². The summed E-state index contributed by atoms with van der Waals surface area (Å²) in [5.41, 5.74) is 4.18. The fraction of sp³-hybridized carbons (Fsp3) is 0.450. The number of nitrogens with zero attached hydrogens (tertiary/aromatic N) is 6. The van der Waals surface area contributed by atoms with Gasteiger partial charge >= 0.3 is 0 Å². The van der Waals surface area contributed by atoms with Gasteiger partial charge in [-0.3, -0.25) is 4.90 Å². The van der Waals surface area contributed by atoms with Crippen LogP contribution in [0.5, 0.6) is 0 Å². The summed E-state index contributed by atoms with van der Waals surface area (Å²) in [6.07, 6.45) is 4.61. The minimum Gasteiger partial charge on any atom is -0.308 e. The third-order valence-corrected chi connectivity index (χ3v) is 5.34. The number of likely N-dealkylation sites (N-methyl/N-ethyl adjacent to an activating group) is 1. The van der Waals surface area contributed by atoms with Crippen molar-refractivity contribution in [2.45, 2.75) is 25.4 Å². The lowest BCUT2D eigenvalue weighted by Gasteiger charge is -2.15. The number of aromatic nitrogens is 4. The summed E-state index contributed by atoms with van der Waals surface area (Å²) in [5, 5.41) is 5.71. The Kier molecular flexibility index (Phi) is 5.38. The molecule has 1 fully saturated rings. The third kappa shape index (κ3) is 4.13. The molecule has 0 aliphatic carbocycles. The molecule has 3 aromatic rings. The first-order valence-electron chi connectivity index (χ1n) is 9.39. The van der Waals surface area contributed by atoms with Gasteiger partial charge < -0.3 is 4.90 Å². The van der Waals surface area contributed by atoms with Crippen LogP contribution in [0.15, 0.2) is 36.7 Å². The molecule has 6 nitrogen and oxygen atoms in total. The van der Waals surface area contributed by atoms with E-state index in [1.807, 2.05) is 22.9 Å². The Bertz CT molecular complexity index is 922. The van der Waals surface area contributed by atoms with Gasteiger partial charge in [-0.05, 0) is 44.8 Å². The second-order valence-electron chi connectivity index (χ2n) is 7.49. The predicted molar refractivity (Wildman–Crippen MR) is 108 cm³/mol. The molecule has 0 amide bonds. The summed E-state index contributed by atoms with van der Waals surface area (Å²) in [7, 11) is 4.14. The molecule has 0 N–H and O–H groups in total. The van der Waals surface area contributed by atoms with Crippen LogP contribution >= 0.6 is 11.6 Å². The molecule has 142 valence electrons. The first-order chi connectivity index (χ1) is 13.1. The van der Waals surface area contributed by atoms with Crippen molar-refractivity contribution in [2.75, 3.05) is 33.7 Å². The van der Waals surface area contributed by atoms with E-state index in [1.54, 1.807) is 12.4 Å². The van der Waals surface area contributed by atoms with E-state index >= 15 is 0 Å². The summed E-state index contributed by atoms with van der Waals surface area (Å²) in [6, 6.07) is 8.12. The second-order valence-corrected chi connectivity index (χ2v) is 7.93. The standard InChI is InChI=1S/C20H25ClN6/c1-25(2)10-11-27-20-19(22-7-8-23-20)18(24-27)16-6-9-26(14-16)13-15-4-3-5-17(21)12-15/h3-5,7-8,12,16H,6,9-11,13-14H2,1-2H3/t16-/m1/s1. The smallest absolute Gasteiger partial charge is 0.177 e. The Morgan fingerprint density at radius 1 is 1.22 bits per heavy atom. The number of hydrogen-bond acceptors (Lipinski definition) is 5. The monoisotopic (exact) mass is 384 g/mol. The fourth-order valence-corrected chi connectivity index (χ4v) is 3.96. The molecular weight excluding hydrogens is 360 g/mol. The number of likely N-dealkylation sites (tertiary alicyclic amines) is 1. The van der Waals surface area contributed by atoms with Gasteiger partial charge in [-0.2, -0.15) is 5.10 Å². The van der Waals surface area contributed by atoms with Crippen LogP contribution < -0.4 is 0 Å². The van der Waals surface area contributed by atoms with Crippen molar-refractivity contribution in [2.24, 2.45) is 0 Å². The van der Waals surface area contributed by atoms with Crippen molar-refractivity contribution < 1.29 is 0 Å². The normalized spacial score (nSPS) is 18.0. The van der Waals surface area contributed by atoms with Gasteiger partial charge in [0, 0.05) is 43.0 Å². The van der Waals surface area contributed by atoms with Gasteiger partial charge in [0.1, 0.15) is 5.52 Å². The number of hydrogen-bond donors (Lipinski definition) is 0. The largest absolute Gasteiger partial charge is 0.308 e. The van der Waals surface area contributed by atoms with E-state index in [4.69, 9.17) is 16.7 Å². The van der Waals surface area contributed by atoms with Gasteiger partial charge in [-0.15, -0.1) is 0 Å². The molecule has 0 spiro atoms. The molecule has 0 unspecified atom stereocenters. The average Bonchev–Trinajstić information content (AvgIpc) is 3.24. The van der Waals surface area contributed by atoms with E-state index in [0.29, 0.717) is 5.92 Å². The maximum Gasteiger partial charge on any atom is 0.177 e. The van der Waals surface area contributed by atoms with Crippen LogP contribution in [-0.4, -0.2) is 63.3 Å². The molecule has 1 aromatic carbocycles. The van der Waals surface area contributed by atoms with E-state index < -0.39 is 0 Å². The maximum atomic E-state index is 6.12. The summed E-state index contributed by atoms with van der Waals surface area (Å²) in [6.45, 7) is 4.72. The molecule has 2 aromatic heterocycles. The highest BCUT2D eigenvalue weighted by Gasteiger charge is 2.29. The predicted octanol–water partition coefficient (Wildman–Crippen LogP) is 3.03. The first kappa shape index (κ1) is 18.3. The fourth-order valence-electron chi connectivity index (χ4n) is 3.74. The van der Waals surface area contributed by atoms with Gasteiger partial charge in [0.15, 0.2) is 5.65 Å². The SMILES string of the molecule is CN(C)CCn1nc([C@@H]2CCN(Cc3cccc(Cl)c3)C2)c2nccnc21. The van der Waals surface area contributed by atoms with E-state index in [9.17, 15) is 0 Å². The van der Waals surface area contributed by atoms with Crippen molar-refractivity contribution in [1.29, 1.82) is 0 Å². The Morgan fingerprint density at radius 3 is 2.89 bits per heavy atom. The van der Waals surface area contributed by atoms with Crippen molar-refractivity contribution in [3.63, 3.8) is 0 Å². The van der Waals surface area contributed by atoms with E-state index in [1.165, 1.54) is 5.56 Å². The highest BCUT2D eigenvalue weighted by atomic mass is 35.5. The topological polar surface area (TPSA) is 50.1 Å². The maximum absolute atomic E-state index is 6.12. The van der Waals surface area contributed by atoms with Crippen molar-refractivity contribution in [1.82, 2.24) is 29.5 Å². The lowest BCUT2D eigenvalue weighted by molar-refractivity contribution is 0.326. The molecule has 0 radical (unpaired) electrons. The van der Waals surface area contributed by atoms with Crippen LogP contribution in [0.1, 0.15) is 23.6 Å². The van der Waals surface area contributed by atoms with Gasteiger partial charge in [0.25, 0.3) is 0 Å². The van der Waals surface area contributed by atoms with E-state index in [-0.39, 0.29) is 0 Å². The molecule has 27 heavy (non-hydrogen) atoms. The van der Waals surface area contributed by atoms with Gasteiger partial charge in [-0.1, -0.05) is 23.7 Å². The van der Waals surface area contributed by atoms with Crippen LogP contribution in [0.25, 0.3) is 11.2 Å². The van der Waals surface area contributed by atoms with Gasteiger partial charge in [-0.25, -0.2) is 14.6 Å². The number of rotatable bonds is 6. The highest BCUT2D eigenvalue weighted by Crippen LogP contribution is 2.31. The average molecular weight is 385 g/mol. The lowest BCUT2D eigenvalue weighted by Crippen LogP contribution is -2.20. The van der Waals surface area contributed by atoms with Crippen LogP contribution in [-0.2, 0) is 13.1 Å². The zero-order valence-corrected chi connectivity index (χ0v) is 16.6. The molecule has 7 heteroatoms. The zero-order chi connectivity index (χ0) is 18.8. The van der Waals surface area contributed by atoms with Crippen LogP contribution in [0.4, 0.5) is 0 Å². The minimum absolute atomic E-state index is 0.393. The second kappa shape index (κ2) is 7.92. The van der Waals surface area contributed by atoms with Crippen molar-refractivity contribution in [3.05, 3.63) is 52.9 Å². The molecular formula is C20H25ClN6. The number of benzene rings is 1. The molecule has 4 rings (SSSR count). The molecule has 0 saturated carbocycles. The number of halogens is 1. The van der Waals surface area contributed by atoms with Crippen LogP contribution in [0.2, 0.25) is 5.02 Å². The molecule has 0 bridgehead atoms. The van der Waals surface area contributed by atoms with Gasteiger partial charge in [0.2, 0.25) is 0 Å². The Hall–Kier alpha value is -2.02. The Balaban J connectivity index is 1.52. The zero-order valence-electron chi connectivity index (χ0n) is 15.8. The summed E-state index contributed by atoms with van der Waals surface area (Å²) < 4.78 is 2.01. The minimum atomic E-state index is 0.393. The number of fused-ring (bicyclic) bond motifs is 1. The van der Waals surface area contributed by atoms with Gasteiger partial charge in [0.05, 0.1) is 12.2 Å². The first-order valence-corrected chi connectivity index (χ1v) is 9.77. The molecule has 3 heterocycles. The Labute approximate surface area is 164 Å². The molecule has 1 atom stereocenters. The third-order valence-electron chi connectivity index (χ3n) is 5.11. The van der Waals surface area contributed by atoms with Crippen molar-refractivity contribution >= 4 is 22.8 Å². The summed E-state index contributed by atoms with van der Waals surface area (Å²) >= 11 is 6.12. The van der Waals surface area contributed by atoms with Crippen molar-refractivity contribution in [3.8, 4) is 0 Å². The van der Waals surface area contributed by atoms with Crippen LogP contribution in [0, 0.1) is 0 Å². The van der Waals surface area contributed by atoms with E-state index in [0.717, 1.165) is 61.0 Å². The van der Waals surface area contributed by atoms with Crippen LogP contribution in [0.3, 0.4) is 0 Å². The highest BCUT2D eigenvalue weighted by molar-refractivity contribution is 6.30. The summed E-state index contributed by atoms with van der Waals surface area (Å²) in [5.74, 6) is 0.393. The molecule has 1 saturated heterocycles. The molecule has 1 aliphatic rings. The quantitative estimate of drug-likeness (QED) is 0.653.